The van der Waals surface area contributed by atoms with Gasteiger partial charge in [0.1, 0.15) is 23.6 Å². The SMILES string of the molecule is COc1nccc(N(C)C2CCN(c3ncnc4[nH]ccc34)C2)n1. The van der Waals surface area contributed by atoms with Gasteiger partial charge in [0.25, 0.3) is 0 Å². The first-order valence-electron chi connectivity index (χ1n) is 7.89. The highest BCUT2D eigenvalue weighted by atomic mass is 16.5. The van der Waals surface area contributed by atoms with E-state index in [1.807, 2.05) is 18.3 Å². The summed E-state index contributed by atoms with van der Waals surface area (Å²) in [5.74, 6) is 1.85. The van der Waals surface area contributed by atoms with Crippen molar-refractivity contribution >= 4 is 22.7 Å². The van der Waals surface area contributed by atoms with Crippen LogP contribution in [0.25, 0.3) is 11.0 Å². The second-order valence-electron chi connectivity index (χ2n) is 5.84. The lowest BCUT2D eigenvalue weighted by atomic mass is 10.2. The van der Waals surface area contributed by atoms with E-state index < -0.39 is 0 Å². The van der Waals surface area contributed by atoms with Crippen LogP contribution in [0.3, 0.4) is 0 Å². The molecule has 0 aliphatic carbocycles. The highest BCUT2D eigenvalue weighted by Gasteiger charge is 2.28. The van der Waals surface area contributed by atoms with Gasteiger partial charge in [0.15, 0.2) is 0 Å². The van der Waals surface area contributed by atoms with Gasteiger partial charge in [-0.1, -0.05) is 0 Å². The van der Waals surface area contributed by atoms with Crippen molar-refractivity contribution in [3.8, 4) is 6.01 Å². The molecule has 124 valence electrons. The van der Waals surface area contributed by atoms with Crippen molar-refractivity contribution in [2.24, 2.45) is 0 Å². The molecule has 0 amide bonds. The van der Waals surface area contributed by atoms with Crippen LogP contribution >= 0.6 is 0 Å². The van der Waals surface area contributed by atoms with Crippen LogP contribution in [-0.2, 0) is 0 Å². The fourth-order valence-electron chi connectivity index (χ4n) is 3.17. The summed E-state index contributed by atoms with van der Waals surface area (Å²) in [7, 11) is 3.63. The Morgan fingerprint density at radius 3 is 3.08 bits per heavy atom. The third-order valence-electron chi connectivity index (χ3n) is 4.51. The van der Waals surface area contributed by atoms with E-state index in [0.717, 1.165) is 42.2 Å². The lowest BCUT2D eigenvalue weighted by molar-refractivity contribution is 0.379. The minimum atomic E-state index is 0.355. The Morgan fingerprint density at radius 1 is 1.29 bits per heavy atom. The smallest absolute Gasteiger partial charge is 0.318 e. The molecule has 0 spiro atoms. The molecule has 3 aromatic rings. The molecule has 1 N–H and O–H groups in total. The zero-order chi connectivity index (χ0) is 16.5. The summed E-state index contributed by atoms with van der Waals surface area (Å²) in [5.41, 5.74) is 0.873. The second-order valence-corrected chi connectivity index (χ2v) is 5.84. The van der Waals surface area contributed by atoms with Crippen LogP contribution in [0.4, 0.5) is 11.6 Å². The lowest BCUT2D eigenvalue weighted by Crippen LogP contribution is -2.35. The van der Waals surface area contributed by atoms with Crippen molar-refractivity contribution in [3.05, 3.63) is 30.9 Å². The monoisotopic (exact) mass is 325 g/mol. The average molecular weight is 325 g/mol. The van der Waals surface area contributed by atoms with Gasteiger partial charge in [-0.2, -0.15) is 4.98 Å². The maximum Gasteiger partial charge on any atom is 0.318 e. The number of likely N-dealkylation sites (N-methyl/N-ethyl adjacent to an activating group) is 1. The van der Waals surface area contributed by atoms with Gasteiger partial charge in [0.05, 0.1) is 12.5 Å². The van der Waals surface area contributed by atoms with Crippen LogP contribution in [-0.4, -0.2) is 58.2 Å². The van der Waals surface area contributed by atoms with Crippen LogP contribution < -0.4 is 14.5 Å². The number of anilines is 2. The van der Waals surface area contributed by atoms with Crippen LogP contribution in [0.15, 0.2) is 30.9 Å². The Morgan fingerprint density at radius 2 is 2.21 bits per heavy atom. The third kappa shape index (κ3) is 2.49. The zero-order valence-corrected chi connectivity index (χ0v) is 13.7. The molecule has 1 aliphatic rings. The minimum Gasteiger partial charge on any atom is -0.467 e. The van der Waals surface area contributed by atoms with Gasteiger partial charge < -0.3 is 19.5 Å². The number of fused-ring (bicyclic) bond motifs is 1. The van der Waals surface area contributed by atoms with Crippen LogP contribution in [0.1, 0.15) is 6.42 Å². The van der Waals surface area contributed by atoms with E-state index in [0.29, 0.717) is 12.1 Å². The molecule has 3 aromatic heterocycles. The topological polar surface area (TPSA) is 83.1 Å². The van der Waals surface area contributed by atoms with Gasteiger partial charge in [-0.15, -0.1) is 0 Å². The molecule has 1 fully saturated rings. The molecule has 0 aromatic carbocycles. The number of hydrogen-bond acceptors (Lipinski definition) is 7. The van der Waals surface area contributed by atoms with Gasteiger partial charge >= 0.3 is 6.01 Å². The van der Waals surface area contributed by atoms with E-state index in [4.69, 9.17) is 4.74 Å². The average Bonchev–Trinajstić information content (AvgIpc) is 3.30. The Labute approximate surface area is 139 Å². The summed E-state index contributed by atoms with van der Waals surface area (Å²) in [6, 6.07) is 4.67. The van der Waals surface area contributed by atoms with Gasteiger partial charge in [-0.3, -0.25) is 0 Å². The third-order valence-corrected chi connectivity index (χ3v) is 4.51. The van der Waals surface area contributed by atoms with Crippen LogP contribution in [0.2, 0.25) is 0 Å². The molecule has 1 atom stereocenters. The highest BCUT2D eigenvalue weighted by molar-refractivity contribution is 5.87. The fraction of sp³-hybridized carbons (Fsp3) is 0.375. The van der Waals surface area contributed by atoms with E-state index in [1.54, 1.807) is 19.6 Å². The summed E-state index contributed by atoms with van der Waals surface area (Å²) in [6.45, 7) is 1.84. The number of aromatic nitrogens is 5. The van der Waals surface area contributed by atoms with Crippen molar-refractivity contribution in [1.82, 2.24) is 24.9 Å². The molecule has 1 aliphatic heterocycles. The Balaban J connectivity index is 1.54. The summed E-state index contributed by atoms with van der Waals surface area (Å²) in [5, 5.41) is 1.06. The summed E-state index contributed by atoms with van der Waals surface area (Å²) in [6.07, 6.45) is 6.27. The number of rotatable bonds is 4. The molecule has 0 saturated carbocycles. The standard InChI is InChI=1S/C16H19N7O/c1-22(13-4-7-18-16(21-13)24-2)11-5-8-23(9-11)15-12-3-6-17-14(12)19-10-20-15/h3-4,6-7,10-11H,5,8-9H2,1-2H3,(H,17,19,20). The van der Waals surface area contributed by atoms with Crippen molar-refractivity contribution in [1.29, 1.82) is 0 Å². The predicted octanol–water partition coefficient (Wildman–Crippen LogP) is 1.47. The normalized spacial score (nSPS) is 17.4. The van der Waals surface area contributed by atoms with E-state index in [9.17, 15) is 0 Å². The number of nitrogens with zero attached hydrogens (tertiary/aromatic N) is 6. The quantitative estimate of drug-likeness (QED) is 0.777. The molecule has 1 saturated heterocycles. The fourth-order valence-corrected chi connectivity index (χ4v) is 3.17. The number of methoxy groups -OCH3 is 1. The molecule has 24 heavy (non-hydrogen) atoms. The van der Waals surface area contributed by atoms with E-state index >= 15 is 0 Å². The zero-order valence-electron chi connectivity index (χ0n) is 13.7. The maximum atomic E-state index is 5.12. The van der Waals surface area contributed by atoms with Crippen molar-refractivity contribution in [2.75, 3.05) is 37.0 Å². The Kier molecular flexibility index (Phi) is 3.64. The second kappa shape index (κ2) is 5.95. The summed E-state index contributed by atoms with van der Waals surface area (Å²) in [4.78, 5) is 24.9. The van der Waals surface area contributed by atoms with Crippen molar-refractivity contribution in [2.45, 2.75) is 12.5 Å². The summed E-state index contributed by atoms with van der Waals surface area (Å²) >= 11 is 0. The first-order chi connectivity index (χ1) is 11.8. The molecule has 4 heterocycles. The van der Waals surface area contributed by atoms with Gasteiger partial charge in [0, 0.05) is 38.6 Å². The minimum absolute atomic E-state index is 0.355. The number of ether oxygens (including phenoxy) is 1. The number of aromatic amines is 1. The van der Waals surface area contributed by atoms with Gasteiger partial charge in [-0.05, 0) is 18.6 Å². The van der Waals surface area contributed by atoms with Gasteiger partial charge in [0.2, 0.25) is 0 Å². The predicted molar refractivity (Wildman–Crippen MR) is 91.5 cm³/mol. The molecular formula is C16H19N7O. The number of H-pyrrole nitrogens is 1. The largest absolute Gasteiger partial charge is 0.467 e. The molecule has 1 unspecified atom stereocenters. The molecule has 0 radical (unpaired) electrons. The first-order valence-corrected chi connectivity index (χ1v) is 7.89. The highest BCUT2D eigenvalue weighted by Crippen LogP contribution is 2.28. The number of hydrogen-bond donors (Lipinski definition) is 1. The van der Waals surface area contributed by atoms with Crippen molar-refractivity contribution in [3.63, 3.8) is 0 Å². The van der Waals surface area contributed by atoms with Gasteiger partial charge in [-0.25, -0.2) is 15.0 Å². The first kappa shape index (κ1) is 14.7. The van der Waals surface area contributed by atoms with Crippen LogP contribution in [0, 0.1) is 0 Å². The van der Waals surface area contributed by atoms with E-state index in [1.165, 1.54) is 0 Å². The molecular weight excluding hydrogens is 306 g/mol. The van der Waals surface area contributed by atoms with E-state index in [2.05, 4.69) is 41.8 Å². The number of nitrogens with one attached hydrogen (secondary N) is 1. The van der Waals surface area contributed by atoms with E-state index in [-0.39, 0.29) is 0 Å². The summed E-state index contributed by atoms with van der Waals surface area (Å²) < 4.78 is 5.12. The molecule has 4 rings (SSSR count). The molecule has 0 bridgehead atoms. The lowest BCUT2D eigenvalue weighted by Gasteiger charge is -2.26. The van der Waals surface area contributed by atoms with Crippen molar-refractivity contribution < 1.29 is 4.74 Å². The van der Waals surface area contributed by atoms with Crippen LogP contribution in [0.5, 0.6) is 6.01 Å². The molecule has 8 heteroatoms. The Hall–Kier alpha value is -2.90. The molecule has 8 nitrogen and oxygen atoms in total. The Bertz CT molecular complexity index is 849. The maximum absolute atomic E-state index is 5.12.